The summed E-state index contributed by atoms with van der Waals surface area (Å²) in [5.41, 5.74) is 0.00209. The number of halogens is 4. The third kappa shape index (κ3) is 3.97. The lowest BCUT2D eigenvalue weighted by molar-refractivity contribution is -0.604. The monoisotopic (exact) mass is 462 g/mol. The number of benzene rings is 1. The van der Waals surface area contributed by atoms with E-state index in [0.717, 1.165) is 15.1 Å². The molecule has 1 aromatic carbocycles. The molecule has 0 aliphatic rings. The smallest absolute Gasteiger partial charge is 0.319 e. The molecule has 0 unspecified atom stereocenters. The van der Waals surface area contributed by atoms with Crippen LogP contribution in [0, 0.1) is 0 Å². The van der Waals surface area contributed by atoms with E-state index in [0.29, 0.717) is 11.3 Å². The second-order valence-electron chi connectivity index (χ2n) is 6.09. The van der Waals surface area contributed by atoms with Crippen LogP contribution in [0.15, 0.2) is 65.4 Å². The quantitative estimate of drug-likeness (QED) is 0.447. The van der Waals surface area contributed by atoms with Gasteiger partial charge < -0.3 is 5.32 Å². The minimum absolute atomic E-state index is 0.0333. The molecule has 0 spiro atoms. The van der Waals surface area contributed by atoms with Gasteiger partial charge >= 0.3 is 11.8 Å². The lowest BCUT2D eigenvalue weighted by atomic mass is 10.1. The summed E-state index contributed by atoms with van der Waals surface area (Å²) >= 11 is 3.29. The lowest BCUT2D eigenvalue weighted by Gasteiger charge is -2.05. The number of nitrogens with one attached hydrogen (secondary N) is 2. The van der Waals surface area contributed by atoms with Crippen molar-refractivity contribution in [1.29, 1.82) is 0 Å². The summed E-state index contributed by atoms with van der Waals surface area (Å²) in [7, 11) is 0. The van der Waals surface area contributed by atoms with Crippen LogP contribution in [0.3, 0.4) is 0 Å². The zero-order chi connectivity index (χ0) is 20.6. The second kappa shape index (κ2) is 7.28. The van der Waals surface area contributed by atoms with E-state index in [4.69, 9.17) is 0 Å². The molecule has 146 valence electrons. The number of alkyl halides is 3. The number of carbonyl (C=O) groups is 1. The van der Waals surface area contributed by atoms with Crippen molar-refractivity contribution in [2.45, 2.75) is 6.18 Å². The molecular weight excluding hydrogens is 451 g/mol. The number of carbonyl (C=O) groups excluding carboxylic acids is 1. The van der Waals surface area contributed by atoms with E-state index in [2.05, 4.69) is 36.3 Å². The Kier molecular flexibility index (Phi) is 4.79. The normalized spacial score (nSPS) is 11.6. The molecule has 6 nitrogen and oxygen atoms in total. The number of amides is 1. The van der Waals surface area contributed by atoms with Gasteiger partial charge in [-0.15, -0.1) is 4.52 Å². The predicted molar refractivity (Wildman–Crippen MR) is 102 cm³/mol. The van der Waals surface area contributed by atoms with E-state index in [1.165, 1.54) is 18.5 Å². The van der Waals surface area contributed by atoms with Gasteiger partial charge in [0.1, 0.15) is 5.69 Å². The van der Waals surface area contributed by atoms with Gasteiger partial charge in [0.2, 0.25) is 5.69 Å². The Labute approximate surface area is 170 Å². The molecule has 0 saturated heterocycles. The van der Waals surface area contributed by atoms with Crippen molar-refractivity contribution >= 4 is 33.2 Å². The van der Waals surface area contributed by atoms with Gasteiger partial charge in [0, 0.05) is 22.3 Å². The minimum Gasteiger partial charge on any atom is -0.319 e. The van der Waals surface area contributed by atoms with Crippen LogP contribution in [-0.2, 0) is 6.18 Å². The zero-order valence-electron chi connectivity index (χ0n) is 14.5. The molecule has 0 radical (unpaired) electrons. The Morgan fingerprint density at radius 3 is 2.55 bits per heavy atom. The molecule has 4 aromatic rings. The Hall–Kier alpha value is -3.27. The number of H-pyrrole nitrogens is 1. The van der Waals surface area contributed by atoms with Gasteiger partial charge in [0.15, 0.2) is 5.69 Å². The summed E-state index contributed by atoms with van der Waals surface area (Å²) < 4.78 is 42.5. The first-order chi connectivity index (χ1) is 13.8. The van der Waals surface area contributed by atoms with Crippen molar-refractivity contribution in [3.05, 3.63) is 76.8 Å². The maximum Gasteiger partial charge on any atom is 0.456 e. The van der Waals surface area contributed by atoms with Crippen molar-refractivity contribution in [3.8, 4) is 11.3 Å². The fourth-order valence-electron chi connectivity index (χ4n) is 2.75. The highest BCUT2D eigenvalue weighted by Gasteiger charge is 2.40. The molecule has 0 bridgehead atoms. The molecule has 0 fully saturated rings. The van der Waals surface area contributed by atoms with Gasteiger partial charge in [0.25, 0.3) is 5.91 Å². The van der Waals surface area contributed by atoms with Crippen LogP contribution in [-0.4, -0.2) is 21.0 Å². The van der Waals surface area contributed by atoms with Gasteiger partial charge in [0.05, 0.1) is 18.0 Å². The van der Waals surface area contributed by atoms with Crippen LogP contribution >= 0.6 is 15.9 Å². The van der Waals surface area contributed by atoms with Crippen molar-refractivity contribution < 1.29 is 22.5 Å². The van der Waals surface area contributed by atoms with Gasteiger partial charge in [-0.3, -0.25) is 9.78 Å². The average Bonchev–Trinajstić information content (AvgIpc) is 3.12. The Bertz CT molecular complexity index is 1190. The maximum absolute atomic E-state index is 13.6. The number of nitrogens with zero attached hydrogens (tertiary/aromatic N) is 3. The van der Waals surface area contributed by atoms with E-state index in [1.54, 1.807) is 36.4 Å². The summed E-state index contributed by atoms with van der Waals surface area (Å²) in [5.74, 6) is -0.609. The van der Waals surface area contributed by atoms with E-state index in [-0.39, 0.29) is 17.0 Å². The van der Waals surface area contributed by atoms with Gasteiger partial charge in [-0.05, 0) is 41.4 Å². The molecule has 2 N–H and O–H groups in total. The average molecular weight is 463 g/mol. The van der Waals surface area contributed by atoms with Crippen molar-refractivity contribution in [1.82, 2.24) is 15.1 Å². The van der Waals surface area contributed by atoms with Crippen LogP contribution in [0.25, 0.3) is 16.9 Å². The number of rotatable bonds is 3. The van der Waals surface area contributed by atoms with Gasteiger partial charge in [-0.25, -0.2) is 5.10 Å². The first kappa shape index (κ1) is 19.1. The highest BCUT2D eigenvalue weighted by molar-refractivity contribution is 9.10. The fourth-order valence-corrected chi connectivity index (χ4v) is 3.01. The summed E-state index contributed by atoms with van der Waals surface area (Å²) in [6.45, 7) is 0. The molecule has 1 amide bonds. The standard InChI is InChI=1S/C19H11BrF3N5O/c20-12-5-3-11(4-6-12)14-8-16(19(21,22)23)28-17(26-14)9-15(27-28)18(29)25-13-2-1-7-24-10-13/h1-10H,(H,25,29)/p+1. The molecule has 29 heavy (non-hydrogen) atoms. The van der Waals surface area contributed by atoms with Crippen LogP contribution in [0.2, 0.25) is 0 Å². The van der Waals surface area contributed by atoms with Gasteiger partial charge in [-0.2, -0.15) is 13.2 Å². The van der Waals surface area contributed by atoms with Crippen LogP contribution < -0.4 is 9.83 Å². The molecule has 3 heterocycles. The predicted octanol–water partition coefficient (Wildman–Crippen LogP) is 4.24. The first-order valence-electron chi connectivity index (χ1n) is 8.31. The Balaban J connectivity index is 1.80. The fraction of sp³-hybridized carbons (Fsp3) is 0.0526. The molecule has 0 saturated carbocycles. The molecule has 10 heteroatoms. The zero-order valence-corrected chi connectivity index (χ0v) is 16.1. The Morgan fingerprint density at radius 2 is 1.90 bits per heavy atom. The molecule has 0 atom stereocenters. The number of aromatic amines is 1. The lowest BCUT2D eigenvalue weighted by Crippen LogP contribution is -2.36. The molecular formula is C19H12BrF3N5O+. The number of pyridine rings is 1. The molecule has 0 aliphatic carbocycles. The molecule has 0 aliphatic heterocycles. The number of aromatic nitrogens is 4. The van der Waals surface area contributed by atoms with Crippen molar-refractivity contribution in [2.75, 3.05) is 5.32 Å². The maximum atomic E-state index is 13.6. The number of anilines is 1. The molecule has 3 aromatic heterocycles. The Morgan fingerprint density at radius 1 is 1.14 bits per heavy atom. The van der Waals surface area contributed by atoms with Crippen molar-refractivity contribution in [3.63, 3.8) is 0 Å². The number of hydrogen-bond donors (Lipinski definition) is 2. The first-order valence-corrected chi connectivity index (χ1v) is 9.11. The summed E-state index contributed by atoms with van der Waals surface area (Å²) in [6, 6.07) is 12.2. The third-order valence-electron chi connectivity index (χ3n) is 4.08. The highest BCUT2D eigenvalue weighted by Crippen LogP contribution is 2.30. The highest BCUT2D eigenvalue weighted by atomic mass is 79.9. The van der Waals surface area contributed by atoms with E-state index in [1.807, 2.05) is 0 Å². The second-order valence-corrected chi connectivity index (χ2v) is 7.01. The minimum atomic E-state index is -4.65. The van der Waals surface area contributed by atoms with Crippen LogP contribution in [0.4, 0.5) is 18.9 Å². The van der Waals surface area contributed by atoms with Gasteiger partial charge in [-0.1, -0.05) is 15.9 Å². The summed E-state index contributed by atoms with van der Waals surface area (Å²) in [5, 5.41) is 5.04. The topological polar surface area (TPSA) is 74.8 Å². The SMILES string of the molecule is O=C(Nc1cccnc1)c1cc2nc(-c3ccc(Br)cc3)cc(C(F)(F)F)[n+]2[nH]1. The van der Waals surface area contributed by atoms with Crippen molar-refractivity contribution in [2.24, 2.45) is 0 Å². The number of hydrogen-bond acceptors (Lipinski definition) is 3. The van der Waals surface area contributed by atoms with E-state index < -0.39 is 17.8 Å². The molecule has 4 rings (SSSR count). The van der Waals surface area contributed by atoms with Crippen LogP contribution in [0.1, 0.15) is 16.2 Å². The van der Waals surface area contributed by atoms with E-state index in [9.17, 15) is 18.0 Å². The number of fused-ring (bicyclic) bond motifs is 1. The van der Waals surface area contributed by atoms with E-state index >= 15 is 0 Å². The summed E-state index contributed by atoms with van der Waals surface area (Å²) in [4.78, 5) is 20.6. The summed E-state index contributed by atoms with van der Waals surface area (Å²) in [6.07, 6.45) is -1.69. The van der Waals surface area contributed by atoms with Crippen LogP contribution in [0.5, 0.6) is 0 Å². The largest absolute Gasteiger partial charge is 0.456 e. The third-order valence-corrected chi connectivity index (χ3v) is 4.61.